The van der Waals surface area contributed by atoms with Gasteiger partial charge in [0.1, 0.15) is 0 Å². The van der Waals surface area contributed by atoms with Crippen LogP contribution in [0.25, 0.3) is 0 Å². The molecule has 0 amide bonds. The van der Waals surface area contributed by atoms with Crippen molar-refractivity contribution in [3.05, 3.63) is 35.4 Å². The summed E-state index contributed by atoms with van der Waals surface area (Å²) in [5, 5.41) is 0. The van der Waals surface area contributed by atoms with Gasteiger partial charge in [0.2, 0.25) is 0 Å². The number of halogens is 4. The molecule has 1 rings (SSSR count). The smallest absolute Gasteiger partial charge is 0.166 e. The van der Waals surface area contributed by atoms with Gasteiger partial charge in [0.15, 0.2) is 0 Å². The van der Waals surface area contributed by atoms with Crippen molar-refractivity contribution in [3.8, 4) is 0 Å². The van der Waals surface area contributed by atoms with Gasteiger partial charge in [0.25, 0.3) is 0 Å². The lowest BCUT2D eigenvalue weighted by molar-refractivity contribution is -0.137. The zero-order valence-corrected chi connectivity index (χ0v) is 8.48. The van der Waals surface area contributed by atoms with E-state index in [1.807, 2.05) is 6.92 Å². The van der Waals surface area contributed by atoms with E-state index >= 15 is 0 Å². The predicted octanol–water partition coefficient (Wildman–Crippen LogP) is 4.16. The molecule has 0 aliphatic heterocycles. The molecule has 0 saturated heterocycles. The van der Waals surface area contributed by atoms with Gasteiger partial charge in [0.05, 0.1) is 5.56 Å². The van der Waals surface area contributed by atoms with Crippen LogP contribution in [-0.4, -0.2) is 0 Å². The van der Waals surface area contributed by atoms with Crippen molar-refractivity contribution >= 4 is 15.9 Å². The molecular weight excluding hydrogens is 245 g/mol. The van der Waals surface area contributed by atoms with Gasteiger partial charge in [-0.15, -0.1) is 0 Å². The van der Waals surface area contributed by atoms with E-state index in [9.17, 15) is 13.2 Å². The average molecular weight is 253 g/mol. The lowest BCUT2D eigenvalue weighted by Gasteiger charge is -2.08. The zero-order chi connectivity index (χ0) is 10.1. The highest BCUT2D eigenvalue weighted by molar-refractivity contribution is 9.09. The van der Waals surface area contributed by atoms with Gasteiger partial charge in [-0.25, -0.2) is 0 Å². The summed E-state index contributed by atoms with van der Waals surface area (Å²) in [4.78, 5) is 0.0785. The van der Waals surface area contributed by atoms with Gasteiger partial charge >= 0.3 is 6.18 Å². The molecule has 0 nitrogen and oxygen atoms in total. The maximum atomic E-state index is 12.1. The Labute approximate surface area is 82.9 Å². The Morgan fingerprint density at radius 1 is 1.15 bits per heavy atom. The molecule has 1 atom stereocenters. The largest absolute Gasteiger partial charge is 0.416 e. The molecule has 0 bridgehead atoms. The first-order chi connectivity index (χ1) is 5.91. The third kappa shape index (κ3) is 2.72. The van der Waals surface area contributed by atoms with E-state index in [0.717, 1.165) is 17.7 Å². The minimum atomic E-state index is -4.24. The van der Waals surface area contributed by atoms with Crippen LogP contribution >= 0.6 is 15.9 Å². The fourth-order valence-corrected chi connectivity index (χ4v) is 1.24. The van der Waals surface area contributed by atoms with Crippen LogP contribution < -0.4 is 0 Å². The summed E-state index contributed by atoms with van der Waals surface area (Å²) in [6.45, 7) is 1.86. The second-order valence-corrected chi connectivity index (χ2v) is 4.11. The van der Waals surface area contributed by atoms with E-state index in [0.29, 0.717) is 0 Å². The quantitative estimate of drug-likeness (QED) is 0.659. The van der Waals surface area contributed by atoms with E-state index in [2.05, 4.69) is 15.9 Å². The van der Waals surface area contributed by atoms with Crippen molar-refractivity contribution in [2.75, 3.05) is 0 Å². The summed E-state index contributed by atoms with van der Waals surface area (Å²) in [7, 11) is 0. The van der Waals surface area contributed by atoms with Crippen LogP contribution in [-0.2, 0) is 6.18 Å². The molecule has 0 aliphatic rings. The molecule has 1 aromatic carbocycles. The Hall–Kier alpha value is -0.510. The first-order valence-corrected chi connectivity index (χ1v) is 4.64. The second kappa shape index (κ2) is 3.70. The van der Waals surface area contributed by atoms with E-state index in [1.165, 1.54) is 12.1 Å². The Bertz CT molecular complexity index is 274. The Morgan fingerprint density at radius 2 is 1.62 bits per heavy atom. The number of rotatable bonds is 1. The molecule has 0 radical (unpaired) electrons. The number of alkyl halides is 4. The summed E-state index contributed by atoms with van der Waals surface area (Å²) >= 11 is 3.28. The maximum absolute atomic E-state index is 12.1. The third-order valence-corrected chi connectivity index (χ3v) is 2.23. The van der Waals surface area contributed by atoms with Crippen LogP contribution in [0.2, 0.25) is 0 Å². The van der Waals surface area contributed by atoms with Crippen molar-refractivity contribution in [1.29, 1.82) is 0 Å². The van der Waals surface area contributed by atoms with Crippen LogP contribution in [0.3, 0.4) is 0 Å². The molecule has 0 fully saturated rings. The molecule has 1 unspecified atom stereocenters. The van der Waals surface area contributed by atoms with Crippen LogP contribution in [0.1, 0.15) is 22.9 Å². The monoisotopic (exact) mass is 252 g/mol. The molecule has 0 heterocycles. The van der Waals surface area contributed by atoms with Gasteiger partial charge in [-0.2, -0.15) is 13.2 Å². The van der Waals surface area contributed by atoms with Crippen molar-refractivity contribution in [1.82, 2.24) is 0 Å². The highest BCUT2D eigenvalue weighted by Gasteiger charge is 2.29. The fourth-order valence-electron chi connectivity index (χ4n) is 0.937. The Balaban J connectivity index is 2.94. The Kier molecular flexibility index (Phi) is 3.01. The van der Waals surface area contributed by atoms with Crippen LogP contribution in [0.4, 0.5) is 13.2 Å². The SMILES string of the molecule is CC(Br)c1ccc(C(F)(F)F)cc1. The number of hydrogen-bond donors (Lipinski definition) is 0. The lowest BCUT2D eigenvalue weighted by atomic mass is 10.1. The fraction of sp³-hybridized carbons (Fsp3) is 0.333. The summed E-state index contributed by atoms with van der Waals surface area (Å²) in [6.07, 6.45) is -4.24. The minimum Gasteiger partial charge on any atom is -0.166 e. The average Bonchev–Trinajstić information content (AvgIpc) is 2.03. The first-order valence-electron chi connectivity index (χ1n) is 3.72. The van der Waals surface area contributed by atoms with E-state index in [1.54, 1.807) is 0 Å². The zero-order valence-electron chi connectivity index (χ0n) is 6.90. The first kappa shape index (κ1) is 10.6. The Morgan fingerprint density at radius 3 is 1.92 bits per heavy atom. The van der Waals surface area contributed by atoms with E-state index < -0.39 is 11.7 Å². The molecule has 4 heteroatoms. The van der Waals surface area contributed by atoms with Crippen LogP contribution in [0.5, 0.6) is 0 Å². The summed E-state index contributed by atoms with van der Waals surface area (Å²) in [6, 6.07) is 5.13. The van der Waals surface area contributed by atoms with Gasteiger partial charge in [0, 0.05) is 4.83 Å². The highest BCUT2D eigenvalue weighted by Crippen LogP contribution is 2.30. The topological polar surface area (TPSA) is 0 Å². The molecular formula is C9H8BrF3. The second-order valence-electron chi connectivity index (χ2n) is 2.74. The number of benzene rings is 1. The van der Waals surface area contributed by atoms with Crippen LogP contribution in [0, 0.1) is 0 Å². The molecule has 0 N–H and O–H groups in total. The molecule has 1 aromatic rings. The molecule has 0 spiro atoms. The van der Waals surface area contributed by atoms with E-state index in [4.69, 9.17) is 0 Å². The highest BCUT2D eigenvalue weighted by atomic mass is 79.9. The van der Waals surface area contributed by atoms with E-state index in [-0.39, 0.29) is 4.83 Å². The molecule has 0 aliphatic carbocycles. The standard InChI is InChI=1S/C9H8BrF3/c1-6(10)7-2-4-8(5-3-7)9(11,12)13/h2-6H,1H3. The van der Waals surface area contributed by atoms with Crippen molar-refractivity contribution in [3.63, 3.8) is 0 Å². The normalized spacial score (nSPS) is 14.2. The van der Waals surface area contributed by atoms with Gasteiger partial charge in [-0.05, 0) is 24.6 Å². The summed E-state index contributed by atoms with van der Waals surface area (Å²) in [5.41, 5.74) is 0.234. The van der Waals surface area contributed by atoms with Crippen molar-refractivity contribution < 1.29 is 13.2 Å². The number of hydrogen-bond acceptors (Lipinski definition) is 0. The molecule has 72 valence electrons. The minimum absolute atomic E-state index is 0.0785. The lowest BCUT2D eigenvalue weighted by Crippen LogP contribution is -2.04. The van der Waals surface area contributed by atoms with Gasteiger partial charge < -0.3 is 0 Å². The van der Waals surface area contributed by atoms with Gasteiger partial charge in [-0.3, -0.25) is 0 Å². The molecule has 0 aromatic heterocycles. The third-order valence-electron chi connectivity index (χ3n) is 1.70. The predicted molar refractivity (Wildman–Crippen MR) is 48.8 cm³/mol. The molecule has 0 saturated carbocycles. The van der Waals surface area contributed by atoms with Gasteiger partial charge in [-0.1, -0.05) is 28.1 Å². The van der Waals surface area contributed by atoms with Crippen molar-refractivity contribution in [2.24, 2.45) is 0 Å². The summed E-state index contributed by atoms with van der Waals surface area (Å²) < 4.78 is 36.3. The molecule has 13 heavy (non-hydrogen) atoms. The van der Waals surface area contributed by atoms with Crippen molar-refractivity contribution in [2.45, 2.75) is 17.9 Å². The summed E-state index contributed by atoms with van der Waals surface area (Å²) in [5.74, 6) is 0. The maximum Gasteiger partial charge on any atom is 0.416 e. The van der Waals surface area contributed by atoms with Crippen LogP contribution in [0.15, 0.2) is 24.3 Å².